The van der Waals surface area contributed by atoms with Crippen LogP contribution in [0.3, 0.4) is 0 Å². The standard InChI is InChI=1S/C44H29N3S/c1-27-23-36-34-21-20-33-32-15-7-8-16-38(32)46(29-11-3-2-4-12-29)42(33)44(34)48-43(36)37(24-27)35-25-28(26-45)19-22-41(35)47-39-17-9-5-13-30(39)31-14-6-10-18-40(31)47/h2-22,24-25,27H,23H2,1H3. The second-order valence-electron chi connectivity index (χ2n) is 12.9. The van der Waals surface area contributed by atoms with Crippen LogP contribution in [0.1, 0.15) is 28.5 Å². The fraction of sp³-hybridized carbons (Fsp3) is 0.0682. The number of nitriles is 1. The van der Waals surface area contributed by atoms with Gasteiger partial charge in [0.2, 0.25) is 0 Å². The summed E-state index contributed by atoms with van der Waals surface area (Å²) in [6.45, 7) is 2.32. The third-order valence-electron chi connectivity index (χ3n) is 10.1. The van der Waals surface area contributed by atoms with Crippen LogP contribution in [0.4, 0.5) is 0 Å². The molecule has 0 radical (unpaired) electrons. The van der Waals surface area contributed by atoms with Gasteiger partial charge in [0.15, 0.2) is 0 Å². The number of nitrogens with zero attached hydrogens (tertiary/aromatic N) is 3. The molecule has 0 amide bonds. The van der Waals surface area contributed by atoms with Gasteiger partial charge >= 0.3 is 0 Å². The van der Waals surface area contributed by atoms with Crippen molar-refractivity contribution in [3.05, 3.63) is 161 Å². The van der Waals surface area contributed by atoms with Crippen LogP contribution in [0, 0.1) is 17.2 Å². The minimum Gasteiger partial charge on any atom is -0.309 e. The van der Waals surface area contributed by atoms with Crippen molar-refractivity contribution in [2.24, 2.45) is 5.92 Å². The number of thiophene rings is 1. The van der Waals surface area contributed by atoms with E-state index in [-0.39, 0.29) is 0 Å². The van der Waals surface area contributed by atoms with E-state index < -0.39 is 0 Å². The van der Waals surface area contributed by atoms with Crippen molar-refractivity contribution in [3.63, 3.8) is 0 Å². The molecule has 1 unspecified atom stereocenters. The van der Waals surface area contributed by atoms with E-state index in [0.29, 0.717) is 11.5 Å². The van der Waals surface area contributed by atoms with Gasteiger partial charge in [0, 0.05) is 37.7 Å². The first-order valence-electron chi connectivity index (χ1n) is 16.5. The van der Waals surface area contributed by atoms with Crippen LogP contribution in [0.5, 0.6) is 0 Å². The minimum absolute atomic E-state index is 0.345. The topological polar surface area (TPSA) is 33.6 Å². The van der Waals surface area contributed by atoms with Gasteiger partial charge in [-0.05, 0) is 77.4 Å². The molecule has 3 aromatic heterocycles. The summed E-state index contributed by atoms with van der Waals surface area (Å²) < 4.78 is 6.15. The molecule has 3 nitrogen and oxygen atoms in total. The first kappa shape index (κ1) is 27.2. The molecule has 3 heterocycles. The lowest BCUT2D eigenvalue weighted by atomic mass is 9.85. The summed E-state index contributed by atoms with van der Waals surface area (Å²) in [5.74, 6) is 0.345. The third-order valence-corrected chi connectivity index (χ3v) is 11.4. The molecule has 1 atom stereocenters. The average Bonchev–Trinajstić information content (AvgIpc) is 3.79. The van der Waals surface area contributed by atoms with Crippen LogP contribution in [0.2, 0.25) is 0 Å². The monoisotopic (exact) mass is 631 g/mol. The van der Waals surface area contributed by atoms with Crippen LogP contribution in [-0.4, -0.2) is 9.13 Å². The van der Waals surface area contributed by atoms with Crippen molar-refractivity contribution in [1.29, 1.82) is 5.26 Å². The van der Waals surface area contributed by atoms with E-state index in [1.54, 1.807) is 0 Å². The maximum absolute atomic E-state index is 10.1. The fourth-order valence-corrected chi connectivity index (χ4v) is 9.48. The molecule has 4 heteroatoms. The third kappa shape index (κ3) is 3.80. The summed E-state index contributed by atoms with van der Waals surface area (Å²) in [6.07, 6.45) is 3.42. The summed E-state index contributed by atoms with van der Waals surface area (Å²) in [5.41, 5.74) is 11.5. The Hall–Kier alpha value is -5.89. The molecule has 9 aromatic rings. The Labute approximate surface area is 281 Å². The van der Waals surface area contributed by atoms with E-state index in [0.717, 1.165) is 17.7 Å². The Balaban J connectivity index is 1.29. The quantitative estimate of drug-likeness (QED) is 0.191. The molecule has 0 spiro atoms. The minimum atomic E-state index is 0.345. The Bertz CT molecular complexity index is 2780. The molecule has 10 rings (SSSR count). The molecule has 0 aliphatic heterocycles. The Morgan fingerprint density at radius 2 is 1.25 bits per heavy atom. The number of allylic oxidation sites excluding steroid dienone is 1. The lowest BCUT2D eigenvalue weighted by molar-refractivity contribution is 0.720. The van der Waals surface area contributed by atoms with Gasteiger partial charge in [-0.1, -0.05) is 97.9 Å². The lowest BCUT2D eigenvalue weighted by Crippen LogP contribution is -2.08. The maximum Gasteiger partial charge on any atom is 0.0991 e. The molecule has 0 saturated heterocycles. The van der Waals surface area contributed by atoms with Crippen molar-refractivity contribution in [3.8, 4) is 17.4 Å². The normalized spacial score (nSPS) is 14.6. The molecule has 1 aliphatic carbocycles. The summed E-state index contributed by atoms with van der Waals surface area (Å²) in [4.78, 5) is 1.30. The predicted octanol–water partition coefficient (Wildman–Crippen LogP) is 11.6. The molecule has 1 aliphatic rings. The Morgan fingerprint density at radius 3 is 1.94 bits per heavy atom. The molecule has 48 heavy (non-hydrogen) atoms. The van der Waals surface area contributed by atoms with Gasteiger partial charge in [0.05, 0.1) is 44.1 Å². The maximum atomic E-state index is 10.1. The molecule has 6 aromatic carbocycles. The smallest absolute Gasteiger partial charge is 0.0991 e. The molecule has 0 bridgehead atoms. The summed E-state index contributed by atoms with van der Waals surface area (Å²) in [7, 11) is 0. The second kappa shape index (κ2) is 10.3. The van der Waals surface area contributed by atoms with Gasteiger partial charge in [-0.3, -0.25) is 0 Å². The van der Waals surface area contributed by atoms with Crippen molar-refractivity contribution in [2.45, 2.75) is 13.3 Å². The van der Waals surface area contributed by atoms with E-state index >= 15 is 0 Å². The highest BCUT2D eigenvalue weighted by atomic mass is 32.1. The zero-order valence-corrected chi connectivity index (χ0v) is 27.1. The van der Waals surface area contributed by atoms with Crippen molar-refractivity contribution < 1.29 is 0 Å². The Kier molecular flexibility index (Phi) is 5.85. The lowest BCUT2D eigenvalue weighted by Gasteiger charge is -2.22. The van der Waals surface area contributed by atoms with Crippen molar-refractivity contribution in [1.82, 2.24) is 9.13 Å². The van der Waals surface area contributed by atoms with Crippen LogP contribution >= 0.6 is 11.3 Å². The zero-order chi connectivity index (χ0) is 31.9. The second-order valence-corrected chi connectivity index (χ2v) is 13.9. The van der Waals surface area contributed by atoms with Crippen molar-refractivity contribution in [2.75, 3.05) is 0 Å². The first-order chi connectivity index (χ1) is 23.7. The van der Waals surface area contributed by atoms with E-state index in [4.69, 9.17) is 0 Å². The van der Waals surface area contributed by atoms with Crippen LogP contribution in [-0.2, 0) is 6.42 Å². The summed E-state index contributed by atoms with van der Waals surface area (Å²) >= 11 is 1.90. The summed E-state index contributed by atoms with van der Waals surface area (Å²) in [5, 5.41) is 16.5. The van der Waals surface area contributed by atoms with E-state index in [2.05, 4.69) is 156 Å². The SMILES string of the molecule is CC1C=C(c2cc(C#N)ccc2-n2c3ccccc3c3ccccc32)c2sc3c(ccc4c5ccccc5n(-c5ccccc5)c43)c2C1. The highest BCUT2D eigenvalue weighted by Gasteiger charge is 2.28. The van der Waals surface area contributed by atoms with Gasteiger partial charge in [0.1, 0.15) is 0 Å². The highest BCUT2D eigenvalue weighted by Crippen LogP contribution is 2.49. The molecule has 0 N–H and O–H groups in total. The van der Waals surface area contributed by atoms with Crippen molar-refractivity contribution >= 4 is 70.6 Å². The van der Waals surface area contributed by atoms with E-state index in [1.807, 2.05) is 17.4 Å². The fourth-order valence-electron chi connectivity index (χ4n) is 8.07. The van der Waals surface area contributed by atoms with Crippen LogP contribution in [0.15, 0.2) is 140 Å². The van der Waals surface area contributed by atoms with Gasteiger partial charge in [-0.2, -0.15) is 5.26 Å². The van der Waals surface area contributed by atoms with Gasteiger partial charge in [0.25, 0.3) is 0 Å². The number of benzene rings is 6. The largest absolute Gasteiger partial charge is 0.309 e. The van der Waals surface area contributed by atoms with E-state index in [9.17, 15) is 5.26 Å². The number of rotatable bonds is 3. The number of para-hydroxylation sites is 4. The summed E-state index contributed by atoms with van der Waals surface area (Å²) in [6, 6.07) is 50.1. The number of hydrogen-bond donors (Lipinski definition) is 0. The predicted molar refractivity (Wildman–Crippen MR) is 202 cm³/mol. The number of aromatic nitrogens is 2. The van der Waals surface area contributed by atoms with Gasteiger partial charge in [-0.15, -0.1) is 11.3 Å². The molecule has 0 saturated carbocycles. The number of fused-ring (bicyclic) bond motifs is 10. The van der Waals surface area contributed by atoms with Crippen LogP contribution < -0.4 is 0 Å². The van der Waals surface area contributed by atoms with Crippen LogP contribution in [0.25, 0.3) is 70.6 Å². The average molecular weight is 632 g/mol. The van der Waals surface area contributed by atoms with E-state index in [1.165, 1.54) is 75.4 Å². The van der Waals surface area contributed by atoms with Gasteiger partial charge in [-0.25, -0.2) is 0 Å². The highest BCUT2D eigenvalue weighted by molar-refractivity contribution is 7.21. The first-order valence-corrected chi connectivity index (χ1v) is 17.3. The molecular weight excluding hydrogens is 603 g/mol. The molecule has 0 fully saturated rings. The van der Waals surface area contributed by atoms with Gasteiger partial charge < -0.3 is 9.13 Å². The molecular formula is C44H29N3S. The zero-order valence-electron chi connectivity index (χ0n) is 26.3. The number of hydrogen-bond acceptors (Lipinski definition) is 2. The molecule has 226 valence electrons. The Morgan fingerprint density at radius 1 is 0.646 bits per heavy atom.